The first-order chi connectivity index (χ1) is 11.2. The molecule has 0 unspecified atom stereocenters. The standard InChI is InChI=1S/C18H26N4O/c1-14-16(12-20-21(14)2)11-19-17-5-3-4-6-18(17)22-9-7-15(13-23)8-10-22/h3-6,12,15,19,23H,7-11,13H2,1-2H3. The zero-order valence-corrected chi connectivity index (χ0v) is 14.0. The fourth-order valence-corrected chi connectivity index (χ4v) is 3.16. The molecule has 0 atom stereocenters. The topological polar surface area (TPSA) is 53.3 Å². The summed E-state index contributed by atoms with van der Waals surface area (Å²) in [7, 11) is 1.97. The molecule has 3 rings (SSSR count). The van der Waals surface area contributed by atoms with Crippen LogP contribution in [0, 0.1) is 12.8 Å². The van der Waals surface area contributed by atoms with Crippen LogP contribution in [0.5, 0.6) is 0 Å². The monoisotopic (exact) mass is 314 g/mol. The van der Waals surface area contributed by atoms with E-state index in [1.54, 1.807) is 0 Å². The Labute approximate surface area is 137 Å². The van der Waals surface area contributed by atoms with Crippen LogP contribution in [-0.4, -0.2) is 34.6 Å². The lowest BCUT2D eigenvalue weighted by Crippen LogP contribution is -2.35. The SMILES string of the molecule is Cc1c(CNc2ccccc2N2CCC(CO)CC2)cnn1C. The normalized spacial score (nSPS) is 15.9. The van der Waals surface area contributed by atoms with Gasteiger partial charge in [-0.05, 0) is 37.8 Å². The van der Waals surface area contributed by atoms with Crippen molar-refractivity contribution in [3.8, 4) is 0 Å². The number of aliphatic hydroxyl groups is 1. The van der Waals surface area contributed by atoms with Gasteiger partial charge in [0.1, 0.15) is 0 Å². The minimum Gasteiger partial charge on any atom is -0.396 e. The van der Waals surface area contributed by atoms with Crippen molar-refractivity contribution < 1.29 is 5.11 Å². The maximum absolute atomic E-state index is 9.30. The van der Waals surface area contributed by atoms with E-state index in [0.29, 0.717) is 12.5 Å². The third-order valence-electron chi connectivity index (χ3n) is 4.92. The molecule has 1 fully saturated rings. The largest absolute Gasteiger partial charge is 0.396 e. The second kappa shape index (κ2) is 7.04. The number of hydrogen-bond donors (Lipinski definition) is 2. The molecule has 5 nitrogen and oxygen atoms in total. The molecule has 0 spiro atoms. The van der Waals surface area contributed by atoms with E-state index < -0.39 is 0 Å². The molecule has 0 aliphatic carbocycles. The van der Waals surface area contributed by atoms with E-state index in [1.807, 2.05) is 17.9 Å². The number of aryl methyl sites for hydroxylation is 1. The van der Waals surface area contributed by atoms with Gasteiger partial charge in [0.25, 0.3) is 0 Å². The summed E-state index contributed by atoms with van der Waals surface area (Å²) in [6.45, 7) is 5.21. The van der Waals surface area contributed by atoms with Gasteiger partial charge in [-0.15, -0.1) is 0 Å². The third-order valence-corrected chi connectivity index (χ3v) is 4.92. The number of nitrogens with zero attached hydrogens (tertiary/aromatic N) is 3. The Balaban J connectivity index is 1.70. The molecule has 5 heteroatoms. The Kier molecular flexibility index (Phi) is 4.86. The fraction of sp³-hybridized carbons (Fsp3) is 0.500. The molecule has 0 bridgehead atoms. The van der Waals surface area contributed by atoms with Gasteiger partial charge in [-0.3, -0.25) is 4.68 Å². The predicted octanol–water partition coefficient (Wildman–Crippen LogP) is 2.55. The van der Waals surface area contributed by atoms with Gasteiger partial charge >= 0.3 is 0 Å². The van der Waals surface area contributed by atoms with Crippen LogP contribution in [0.25, 0.3) is 0 Å². The summed E-state index contributed by atoms with van der Waals surface area (Å²) < 4.78 is 1.91. The maximum Gasteiger partial charge on any atom is 0.0602 e. The molecule has 23 heavy (non-hydrogen) atoms. The lowest BCUT2D eigenvalue weighted by atomic mass is 9.97. The number of benzene rings is 1. The first-order valence-corrected chi connectivity index (χ1v) is 8.35. The molecular weight excluding hydrogens is 288 g/mol. The number of aromatic nitrogens is 2. The zero-order valence-electron chi connectivity index (χ0n) is 14.0. The van der Waals surface area contributed by atoms with Crippen molar-refractivity contribution in [1.82, 2.24) is 9.78 Å². The number of piperidine rings is 1. The summed E-state index contributed by atoms with van der Waals surface area (Å²) in [5.74, 6) is 0.462. The highest BCUT2D eigenvalue weighted by molar-refractivity contribution is 5.70. The highest BCUT2D eigenvalue weighted by Gasteiger charge is 2.20. The molecule has 2 aromatic rings. The van der Waals surface area contributed by atoms with Crippen LogP contribution in [-0.2, 0) is 13.6 Å². The molecule has 1 saturated heterocycles. The van der Waals surface area contributed by atoms with E-state index in [1.165, 1.54) is 22.6 Å². The molecular formula is C18H26N4O. The van der Waals surface area contributed by atoms with Crippen molar-refractivity contribution in [2.75, 3.05) is 29.9 Å². The van der Waals surface area contributed by atoms with Crippen LogP contribution in [0.2, 0.25) is 0 Å². The average molecular weight is 314 g/mol. The summed E-state index contributed by atoms with van der Waals surface area (Å²) >= 11 is 0. The van der Waals surface area contributed by atoms with E-state index in [2.05, 4.69) is 46.5 Å². The van der Waals surface area contributed by atoms with E-state index in [4.69, 9.17) is 0 Å². The average Bonchev–Trinajstić information content (AvgIpc) is 2.92. The molecule has 1 aliphatic rings. The van der Waals surface area contributed by atoms with Crippen molar-refractivity contribution in [1.29, 1.82) is 0 Å². The number of para-hydroxylation sites is 2. The highest BCUT2D eigenvalue weighted by atomic mass is 16.3. The summed E-state index contributed by atoms with van der Waals surface area (Å²) in [5, 5.41) is 17.2. The highest BCUT2D eigenvalue weighted by Crippen LogP contribution is 2.30. The van der Waals surface area contributed by atoms with Crippen molar-refractivity contribution in [3.05, 3.63) is 41.7 Å². The van der Waals surface area contributed by atoms with Crippen molar-refractivity contribution in [3.63, 3.8) is 0 Å². The van der Waals surface area contributed by atoms with Gasteiger partial charge in [0, 0.05) is 44.5 Å². The molecule has 0 radical (unpaired) electrons. The number of anilines is 2. The zero-order chi connectivity index (χ0) is 16.2. The molecule has 0 saturated carbocycles. The molecule has 0 amide bonds. The Hall–Kier alpha value is -2.01. The number of nitrogens with one attached hydrogen (secondary N) is 1. The molecule has 2 N–H and O–H groups in total. The molecule has 1 aliphatic heterocycles. The minimum absolute atomic E-state index is 0.314. The van der Waals surface area contributed by atoms with Crippen LogP contribution in [0.15, 0.2) is 30.5 Å². The maximum atomic E-state index is 9.30. The van der Waals surface area contributed by atoms with Crippen LogP contribution in [0.3, 0.4) is 0 Å². The van der Waals surface area contributed by atoms with Crippen LogP contribution in [0.1, 0.15) is 24.1 Å². The second-order valence-electron chi connectivity index (χ2n) is 6.36. The third kappa shape index (κ3) is 3.50. The number of aliphatic hydroxyl groups excluding tert-OH is 1. The Morgan fingerprint density at radius 3 is 2.65 bits per heavy atom. The van der Waals surface area contributed by atoms with Crippen molar-refractivity contribution in [2.45, 2.75) is 26.3 Å². The van der Waals surface area contributed by atoms with E-state index in [-0.39, 0.29) is 0 Å². The molecule has 124 valence electrons. The molecule has 2 heterocycles. The Bertz CT molecular complexity index is 644. The lowest BCUT2D eigenvalue weighted by molar-refractivity contribution is 0.203. The second-order valence-corrected chi connectivity index (χ2v) is 6.36. The van der Waals surface area contributed by atoms with Crippen LogP contribution < -0.4 is 10.2 Å². The summed E-state index contributed by atoms with van der Waals surface area (Å²) in [4.78, 5) is 2.42. The summed E-state index contributed by atoms with van der Waals surface area (Å²) in [6.07, 6.45) is 4.05. The quantitative estimate of drug-likeness (QED) is 0.890. The van der Waals surface area contributed by atoms with E-state index in [0.717, 1.165) is 32.5 Å². The smallest absolute Gasteiger partial charge is 0.0602 e. The van der Waals surface area contributed by atoms with Gasteiger partial charge in [0.05, 0.1) is 17.6 Å². The first kappa shape index (κ1) is 15.9. The molecule has 1 aromatic heterocycles. The Morgan fingerprint density at radius 2 is 2.00 bits per heavy atom. The van der Waals surface area contributed by atoms with Crippen LogP contribution in [0.4, 0.5) is 11.4 Å². The van der Waals surface area contributed by atoms with Gasteiger partial charge in [0.15, 0.2) is 0 Å². The molecule has 1 aromatic carbocycles. The Morgan fingerprint density at radius 1 is 1.26 bits per heavy atom. The van der Waals surface area contributed by atoms with E-state index in [9.17, 15) is 5.11 Å². The number of rotatable bonds is 5. The first-order valence-electron chi connectivity index (χ1n) is 8.35. The van der Waals surface area contributed by atoms with Gasteiger partial charge in [0.2, 0.25) is 0 Å². The van der Waals surface area contributed by atoms with Gasteiger partial charge in [-0.1, -0.05) is 12.1 Å². The van der Waals surface area contributed by atoms with Gasteiger partial charge in [-0.25, -0.2) is 0 Å². The van der Waals surface area contributed by atoms with Gasteiger partial charge in [-0.2, -0.15) is 5.10 Å². The van der Waals surface area contributed by atoms with Crippen molar-refractivity contribution >= 4 is 11.4 Å². The fourth-order valence-electron chi connectivity index (χ4n) is 3.16. The summed E-state index contributed by atoms with van der Waals surface area (Å²) in [5.41, 5.74) is 4.84. The minimum atomic E-state index is 0.314. The lowest BCUT2D eigenvalue weighted by Gasteiger charge is -2.34. The van der Waals surface area contributed by atoms with E-state index >= 15 is 0 Å². The van der Waals surface area contributed by atoms with Crippen LogP contribution >= 0.6 is 0 Å². The number of hydrogen-bond acceptors (Lipinski definition) is 4. The predicted molar refractivity (Wildman–Crippen MR) is 93.7 cm³/mol. The van der Waals surface area contributed by atoms with Crippen molar-refractivity contribution in [2.24, 2.45) is 13.0 Å². The van der Waals surface area contributed by atoms with Gasteiger partial charge < -0.3 is 15.3 Å². The summed E-state index contributed by atoms with van der Waals surface area (Å²) in [6, 6.07) is 8.48.